The van der Waals surface area contributed by atoms with Crippen molar-refractivity contribution in [1.29, 1.82) is 0 Å². The molecule has 1 fully saturated rings. The van der Waals surface area contributed by atoms with Gasteiger partial charge in [-0.2, -0.15) is 0 Å². The molecule has 27 heavy (non-hydrogen) atoms. The highest BCUT2D eigenvalue weighted by Crippen LogP contribution is 2.39. The minimum atomic E-state index is -0.313. The van der Waals surface area contributed by atoms with E-state index in [1.807, 2.05) is 32.0 Å². The highest BCUT2D eigenvalue weighted by atomic mass is 16.5. The van der Waals surface area contributed by atoms with Gasteiger partial charge in [-0.3, -0.25) is 9.59 Å². The number of nitrogens with one attached hydrogen (secondary N) is 1. The van der Waals surface area contributed by atoms with E-state index < -0.39 is 0 Å². The highest BCUT2D eigenvalue weighted by Gasteiger charge is 2.42. The number of rotatable bonds is 7. The average Bonchev–Trinajstić information content (AvgIpc) is 3.09. The third-order valence-electron chi connectivity index (χ3n) is 4.98. The number of carbonyl (C=O) groups is 2. The first kappa shape index (κ1) is 21.1. The monoisotopic (exact) mass is 376 g/mol. The fraction of sp³-hybridized carbons (Fsp3) is 0.619. The maximum absolute atomic E-state index is 12.9. The second-order valence-electron chi connectivity index (χ2n) is 7.86. The molecule has 0 unspecified atom stereocenters. The summed E-state index contributed by atoms with van der Waals surface area (Å²) >= 11 is 0. The van der Waals surface area contributed by atoms with Crippen LogP contribution in [0.15, 0.2) is 18.2 Å². The van der Waals surface area contributed by atoms with E-state index in [1.165, 1.54) is 0 Å². The van der Waals surface area contributed by atoms with Crippen LogP contribution in [0.2, 0.25) is 0 Å². The van der Waals surface area contributed by atoms with E-state index in [1.54, 1.807) is 19.1 Å². The molecular formula is C21H32N2O4. The summed E-state index contributed by atoms with van der Waals surface area (Å²) in [5.74, 6) is 1.29. The zero-order chi connectivity index (χ0) is 20.1. The Morgan fingerprint density at radius 3 is 2.41 bits per heavy atom. The highest BCUT2D eigenvalue weighted by molar-refractivity contribution is 5.84. The van der Waals surface area contributed by atoms with Crippen molar-refractivity contribution in [3.8, 4) is 11.5 Å². The van der Waals surface area contributed by atoms with Crippen LogP contribution >= 0.6 is 0 Å². The van der Waals surface area contributed by atoms with Crippen molar-refractivity contribution in [2.24, 2.45) is 17.8 Å². The van der Waals surface area contributed by atoms with Crippen molar-refractivity contribution < 1.29 is 19.1 Å². The van der Waals surface area contributed by atoms with Gasteiger partial charge in [-0.05, 0) is 24.1 Å². The van der Waals surface area contributed by atoms with Crippen molar-refractivity contribution in [3.05, 3.63) is 23.8 Å². The number of nitrogens with zero attached hydrogens (tertiary/aromatic N) is 1. The Labute approximate surface area is 162 Å². The average molecular weight is 376 g/mol. The molecule has 0 aromatic heterocycles. The maximum Gasteiger partial charge on any atom is 0.225 e. The Morgan fingerprint density at radius 2 is 1.85 bits per heavy atom. The minimum absolute atomic E-state index is 0.0161. The first-order valence-electron chi connectivity index (χ1n) is 9.56. The van der Waals surface area contributed by atoms with Gasteiger partial charge in [0.15, 0.2) is 0 Å². The summed E-state index contributed by atoms with van der Waals surface area (Å²) in [4.78, 5) is 27.3. The van der Waals surface area contributed by atoms with Crippen LogP contribution in [0.25, 0.3) is 0 Å². The van der Waals surface area contributed by atoms with Gasteiger partial charge in [0.1, 0.15) is 11.5 Å². The van der Waals surface area contributed by atoms with Gasteiger partial charge in [-0.15, -0.1) is 0 Å². The van der Waals surface area contributed by atoms with Crippen LogP contribution in [-0.2, 0) is 9.59 Å². The Hall–Kier alpha value is -2.24. The molecule has 2 atom stereocenters. The Balaban J connectivity index is 2.36. The zero-order valence-corrected chi connectivity index (χ0v) is 17.2. The van der Waals surface area contributed by atoms with Crippen LogP contribution in [0.4, 0.5) is 0 Å². The normalized spacial score (nSPS) is 19.5. The van der Waals surface area contributed by atoms with E-state index in [0.717, 1.165) is 5.56 Å². The number of methoxy groups -OCH3 is 2. The molecule has 0 radical (unpaired) electrons. The summed E-state index contributed by atoms with van der Waals surface area (Å²) in [6.07, 6.45) is 0. The van der Waals surface area contributed by atoms with Crippen molar-refractivity contribution >= 4 is 11.8 Å². The standard InChI is InChI=1S/C21H32N2O4/c1-13(2)10-22-20(24)18-12-23(21(25)14(3)4)11-17(18)16-9-15(26-5)7-8-19(16)27-6/h7-9,13-14,17-18H,10-12H2,1-6H3,(H,22,24)/t17-,18-/m1/s1. The van der Waals surface area contributed by atoms with Gasteiger partial charge in [0.05, 0.1) is 20.1 Å². The fourth-order valence-corrected chi connectivity index (χ4v) is 3.49. The number of likely N-dealkylation sites (tertiary alicyclic amines) is 1. The number of hydrogen-bond acceptors (Lipinski definition) is 4. The smallest absolute Gasteiger partial charge is 0.225 e. The Morgan fingerprint density at radius 1 is 1.15 bits per heavy atom. The van der Waals surface area contributed by atoms with Crippen LogP contribution in [0.1, 0.15) is 39.2 Å². The predicted octanol–water partition coefficient (Wildman–Crippen LogP) is 2.67. The molecule has 1 aliphatic heterocycles. The maximum atomic E-state index is 12.9. The van der Waals surface area contributed by atoms with Crippen molar-refractivity contribution in [3.63, 3.8) is 0 Å². The molecule has 1 aliphatic rings. The SMILES string of the molecule is COc1ccc(OC)c([C@H]2CN(C(=O)C(C)C)C[C@H]2C(=O)NCC(C)C)c1. The number of ether oxygens (including phenoxy) is 2. The summed E-state index contributed by atoms with van der Waals surface area (Å²) < 4.78 is 10.9. The lowest BCUT2D eigenvalue weighted by molar-refractivity contribution is -0.133. The Bertz CT molecular complexity index is 672. The molecule has 6 heteroatoms. The summed E-state index contributed by atoms with van der Waals surface area (Å²) in [6, 6.07) is 5.60. The summed E-state index contributed by atoms with van der Waals surface area (Å²) in [5.41, 5.74) is 0.903. The van der Waals surface area contributed by atoms with Gasteiger partial charge in [-0.25, -0.2) is 0 Å². The molecule has 1 saturated heterocycles. The summed E-state index contributed by atoms with van der Waals surface area (Å²) in [6.45, 7) is 9.44. The largest absolute Gasteiger partial charge is 0.497 e. The number of hydrogen-bond donors (Lipinski definition) is 1. The third kappa shape index (κ3) is 4.93. The predicted molar refractivity (Wildman–Crippen MR) is 105 cm³/mol. The number of amides is 2. The van der Waals surface area contributed by atoms with Gasteiger partial charge >= 0.3 is 0 Å². The van der Waals surface area contributed by atoms with Crippen molar-refractivity contribution in [1.82, 2.24) is 10.2 Å². The van der Waals surface area contributed by atoms with Crippen LogP contribution < -0.4 is 14.8 Å². The minimum Gasteiger partial charge on any atom is -0.497 e. The number of benzene rings is 1. The van der Waals surface area contributed by atoms with Gasteiger partial charge in [0.2, 0.25) is 11.8 Å². The molecule has 0 saturated carbocycles. The third-order valence-corrected chi connectivity index (χ3v) is 4.98. The van der Waals surface area contributed by atoms with Crippen molar-refractivity contribution in [2.45, 2.75) is 33.6 Å². The molecule has 2 rings (SSSR count). The molecule has 1 N–H and O–H groups in total. The zero-order valence-electron chi connectivity index (χ0n) is 17.2. The van der Waals surface area contributed by atoms with E-state index >= 15 is 0 Å². The van der Waals surface area contributed by atoms with Gasteiger partial charge in [0.25, 0.3) is 0 Å². The molecule has 150 valence electrons. The summed E-state index contributed by atoms with van der Waals surface area (Å²) in [5, 5.41) is 3.03. The van der Waals surface area contributed by atoms with Crippen LogP contribution in [0.3, 0.4) is 0 Å². The van der Waals surface area contributed by atoms with Crippen molar-refractivity contribution in [2.75, 3.05) is 33.9 Å². The van der Waals surface area contributed by atoms with E-state index in [4.69, 9.17) is 9.47 Å². The molecule has 1 heterocycles. The molecule has 1 aromatic rings. The lowest BCUT2D eigenvalue weighted by Gasteiger charge is -2.21. The second-order valence-corrected chi connectivity index (χ2v) is 7.86. The lowest BCUT2D eigenvalue weighted by atomic mass is 9.87. The molecule has 2 amide bonds. The van der Waals surface area contributed by atoms with Crippen LogP contribution in [0.5, 0.6) is 11.5 Å². The van der Waals surface area contributed by atoms with E-state index in [9.17, 15) is 9.59 Å². The van der Waals surface area contributed by atoms with Gasteiger partial charge in [0, 0.05) is 37.0 Å². The lowest BCUT2D eigenvalue weighted by Crippen LogP contribution is -2.37. The quantitative estimate of drug-likeness (QED) is 0.794. The molecular weight excluding hydrogens is 344 g/mol. The Kier molecular flexibility index (Phi) is 7.11. The van der Waals surface area contributed by atoms with E-state index in [0.29, 0.717) is 37.1 Å². The van der Waals surface area contributed by atoms with Crippen LogP contribution in [-0.4, -0.2) is 50.6 Å². The molecule has 0 spiro atoms. The topological polar surface area (TPSA) is 67.9 Å². The molecule has 6 nitrogen and oxygen atoms in total. The van der Waals surface area contributed by atoms with Gasteiger partial charge in [-0.1, -0.05) is 27.7 Å². The molecule has 1 aromatic carbocycles. The van der Waals surface area contributed by atoms with E-state index in [2.05, 4.69) is 19.2 Å². The second kappa shape index (κ2) is 9.11. The summed E-state index contributed by atoms with van der Waals surface area (Å²) in [7, 11) is 3.23. The van der Waals surface area contributed by atoms with E-state index in [-0.39, 0.29) is 29.6 Å². The first-order chi connectivity index (χ1) is 12.8. The molecule has 0 aliphatic carbocycles. The first-order valence-corrected chi connectivity index (χ1v) is 9.56. The fourth-order valence-electron chi connectivity index (χ4n) is 3.49. The van der Waals surface area contributed by atoms with Gasteiger partial charge < -0.3 is 19.7 Å². The number of carbonyl (C=O) groups excluding carboxylic acids is 2. The van der Waals surface area contributed by atoms with Crippen LogP contribution in [0, 0.1) is 17.8 Å². The molecule has 0 bridgehead atoms.